The number of rotatable bonds is 3. The number of hydrogen-bond donors (Lipinski definition) is 0. The molecule has 0 aromatic carbocycles. The van der Waals surface area contributed by atoms with Gasteiger partial charge in [0.2, 0.25) is 0 Å². The van der Waals surface area contributed by atoms with Gasteiger partial charge in [0.1, 0.15) is 0 Å². The fraction of sp³-hybridized carbons (Fsp3) is 1.00. The van der Waals surface area contributed by atoms with E-state index in [0.29, 0.717) is 0 Å². The Balaban J connectivity index is 10.1. The van der Waals surface area contributed by atoms with Gasteiger partial charge in [0, 0.05) is 0 Å². The van der Waals surface area contributed by atoms with Gasteiger partial charge in [0.15, 0.2) is 0 Å². The molecular formula is C13HF27. The van der Waals surface area contributed by atoms with E-state index in [1.54, 1.807) is 0 Å². The highest BCUT2D eigenvalue weighted by atomic mass is 19.5. The lowest BCUT2D eigenvalue weighted by Crippen LogP contribution is -2.83. The van der Waals surface area contributed by atoms with E-state index in [1.807, 2.05) is 0 Å². The number of alkyl halides is 27. The molecule has 0 nitrogen and oxygen atoms in total. The first kappa shape index (κ1) is 38.1. The van der Waals surface area contributed by atoms with Crippen molar-refractivity contribution in [1.82, 2.24) is 0 Å². The van der Waals surface area contributed by atoms with Crippen LogP contribution < -0.4 is 0 Å². The molecule has 0 aromatic heterocycles. The highest BCUT2D eigenvalue weighted by Crippen LogP contribution is 2.82. The summed E-state index contributed by atoms with van der Waals surface area (Å²) in [7, 11) is 0. The van der Waals surface area contributed by atoms with Gasteiger partial charge in [-0.1, -0.05) is 0 Å². The quantitative estimate of drug-likeness (QED) is 0.263. The van der Waals surface area contributed by atoms with Crippen molar-refractivity contribution in [3.8, 4) is 0 Å². The molecule has 0 N–H and O–H groups in total. The first-order valence-electron chi connectivity index (χ1n) is 8.22. The highest BCUT2D eigenvalue weighted by molar-refractivity contribution is 5.24. The molecule has 0 radical (unpaired) electrons. The lowest BCUT2D eigenvalue weighted by molar-refractivity contribution is -0.559. The fourth-order valence-electron chi connectivity index (χ4n) is 3.89. The molecule has 40 heavy (non-hydrogen) atoms. The molecule has 0 aliphatic rings. The molecule has 0 saturated carbocycles. The zero-order chi connectivity index (χ0) is 33.6. The van der Waals surface area contributed by atoms with Crippen LogP contribution in [0.25, 0.3) is 0 Å². The van der Waals surface area contributed by atoms with Gasteiger partial charge in [0.05, 0.1) is 5.92 Å². The summed E-state index contributed by atoms with van der Waals surface area (Å²) in [5.41, 5.74) is -31.1. The first-order valence-corrected chi connectivity index (χ1v) is 8.22. The van der Waals surface area contributed by atoms with Crippen molar-refractivity contribution in [2.45, 2.75) is 55.6 Å². The van der Waals surface area contributed by atoms with Crippen LogP contribution in [-0.4, -0.2) is 55.6 Å². The monoisotopic (exact) mass is 670 g/mol. The van der Waals surface area contributed by atoms with Crippen molar-refractivity contribution >= 4 is 0 Å². The molecule has 0 saturated heterocycles. The third kappa shape index (κ3) is 4.72. The summed E-state index contributed by atoms with van der Waals surface area (Å²) in [6, 6.07) is 0. The predicted molar refractivity (Wildman–Crippen MR) is 65.3 cm³/mol. The Labute approximate surface area is 198 Å². The van der Waals surface area contributed by atoms with Gasteiger partial charge < -0.3 is 0 Å². The lowest BCUT2D eigenvalue weighted by Gasteiger charge is -2.58. The molecule has 0 aromatic rings. The molecule has 0 heterocycles. The zero-order valence-electron chi connectivity index (χ0n) is 16.8. The Morgan fingerprint density at radius 3 is 0.300 bits per heavy atom. The van der Waals surface area contributed by atoms with Crippen molar-refractivity contribution in [2.24, 2.45) is 22.2 Å². The van der Waals surface area contributed by atoms with Gasteiger partial charge in [0.25, 0.3) is 16.2 Å². The first-order chi connectivity index (χ1) is 16.6. The molecule has 0 unspecified atom stereocenters. The second-order valence-electron chi connectivity index (χ2n) is 7.34. The largest absolute Gasteiger partial charge is 0.412 e. The van der Waals surface area contributed by atoms with Crippen molar-refractivity contribution < 1.29 is 119 Å². The van der Waals surface area contributed by atoms with E-state index in [-0.39, 0.29) is 0 Å². The van der Waals surface area contributed by atoms with E-state index in [4.69, 9.17) is 0 Å². The van der Waals surface area contributed by atoms with Crippen LogP contribution in [0.5, 0.6) is 0 Å². The van der Waals surface area contributed by atoms with Crippen LogP contribution in [0.4, 0.5) is 119 Å². The van der Waals surface area contributed by atoms with Crippen molar-refractivity contribution in [3.63, 3.8) is 0 Å². The fourth-order valence-corrected chi connectivity index (χ4v) is 3.89. The molecule has 0 aliphatic carbocycles. The Bertz CT molecular complexity index is 652. The molecule has 0 aliphatic heterocycles. The third-order valence-electron chi connectivity index (χ3n) is 5.32. The lowest BCUT2D eigenvalue weighted by atomic mass is 9.48. The summed E-state index contributed by atoms with van der Waals surface area (Å²) >= 11 is 0. The van der Waals surface area contributed by atoms with Crippen LogP contribution in [0.1, 0.15) is 0 Å². The van der Waals surface area contributed by atoms with Crippen LogP contribution in [0.3, 0.4) is 0 Å². The Morgan fingerprint density at radius 2 is 0.250 bits per heavy atom. The summed E-state index contributed by atoms with van der Waals surface area (Å²) in [5, 5.41) is 0. The van der Waals surface area contributed by atoms with Gasteiger partial charge in [-0.25, -0.2) is 0 Å². The van der Waals surface area contributed by atoms with Gasteiger partial charge in [-0.2, -0.15) is 119 Å². The van der Waals surface area contributed by atoms with Gasteiger partial charge in [-0.15, -0.1) is 0 Å². The molecule has 27 heteroatoms. The third-order valence-corrected chi connectivity index (χ3v) is 5.32. The van der Waals surface area contributed by atoms with Gasteiger partial charge >= 0.3 is 55.6 Å². The maximum Gasteiger partial charge on any atom is 0.412 e. The molecule has 0 amide bonds. The summed E-state index contributed by atoms with van der Waals surface area (Å²) in [5.74, 6) is -9.77. The van der Waals surface area contributed by atoms with Crippen LogP contribution in [0.15, 0.2) is 0 Å². The molecule has 0 fully saturated rings. The average Bonchev–Trinajstić information content (AvgIpc) is 2.41. The van der Waals surface area contributed by atoms with E-state index in [9.17, 15) is 119 Å². The van der Waals surface area contributed by atoms with Crippen molar-refractivity contribution in [3.05, 3.63) is 0 Å². The average molecular weight is 670 g/mol. The maximum absolute atomic E-state index is 13.4. The maximum atomic E-state index is 13.4. The smallest absolute Gasteiger partial charge is 0.170 e. The van der Waals surface area contributed by atoms with Crippen LogP contribution in [-0.2, 0) is 0 Å². The summed E-state index contributed by atoms with van der Waals surface area (Å²) in [4.78, 5) is 0. The highest BCUT2D eigenvalue weighted by Gasteiger charge is 3.06. The molecule has 0 rings (SSSR count). The molecule has 242 valence electrons. The Hall–Kier alpha value is -1.89. The van der Waals surface area contributed by atoms with Crippen molar-refractivity contribution in [1.29, 1.82) is 0 Å². The number of hydrogen-bond acceptors (Lipinski definition) is 0. The van der Waals surface area contributed by atoms with E-state index in [0.717, 1.165) is 0 Å². The zero-order valence-corrected chi connectivity index (χ0v) is 16.8. The van der Waals surface area contributed by atoms with Crippen LogP contribution >= 0.6 is 0 Å². The molecule has 0 spiro atoms. The molecular weight excluding hydrogens is 669 g/mol. The normalized spacial score (nSPS) is 17.1. The second-order valence-corrected chi connectivity index (χ2v) is 7.34. The van der Waals surface area contributed by atoms with Crippen LogP contribution in [0, 0.1) is 22.2 Å². The van der Waals surface area contributed by atoms with E-state index in [1.165, 1.54) is 0 Å². The molecule has 0 bridgehead atoms. The second kappa shape index (κ2) is 9.05. The molecule has 0 atom stereocenters. The minimum absolute atomic E-state index is 9.73. The predicted octanol–water partition coefficient (Wildman–Crippen LogP) is 9.62. The standard InChI is InChI=1S/C13HF27/c14-5(15,16)2(6(17,18)19,7(20,21)22)1(3(8(23,24)25,9(26,27)28)10(29,30)31)4(11(32,33)34,12(35,36)37)13(38,39)40/h1H. The van der Waals surface area contributed by atoms with E-state index in [2.05, 4.69) is 0 Å². The summed E-state index contributed by atoms with van der Waals surface area (Å²) < 4.78 is 361. The minimum atomic E-state index is -10.4. The summed E-state index contributed by atoms with van der Waals surface area (Å²) in [6.07, 6.45) is -87.6. The van der Waals surface area contributed by atoms with E-state index < -0.39 is 77.7 Å². The van der Waals surface area contributed by atoms with Gasteiger partial charge in [-0.3, -0.25) is 0 Å². The SMILES string of the molecule is FC(F)(F)C(C(C(C(F)(F)F)(C(F)(F)F)C(F)(F)F)C(C(F)(F)F)(C(F)(F)F)C(F)(F)F)(C(F)(F)F)C(F)(F)F. The minimum Gasteiger partial charge on any atom is -0.170 e. The van der Waals surface area contributed by atoms with E-state index >= 15 is 0 Å². The topological polar surface area (TPSA) is 0 Å². The van der Waals surface area contributed by atoms with Crippen molar-refractivity contribution in [2.75, 3.05) is 0 Å². The number of halogens is 27. The van der Waals surface area contributed by atoms with Crippen LogP contribution in [0.2, 0.25) is 0 Å². The Morgan fingerprint density at radius 1 is 0.175 bits per heavy atom. The van der Waals surface area contributed by atoms with Gasteiger partial charge in [-0.05, 0) is 0 Å². The Kier molecular flexibility index (Phi) is 8.63. The summed E-state index contributed by atoms with van der Waals surface area (Å²) in [6.45, 7) is 0.